The van der Waals surface area contributed by atoms with E-state index in [9.17, 15) is 0 Å². The Morgan fingerprint density at radius 3 is 2.55 bits per heavy atom. The highest BCUT2D eigenvalue weighted by Crippen LogP contribution is 2.31. The molecule has 3 aromatic rings. The zero-order valence-electron chi connectivity index (χ0n) is 11.6. The fourth-order valence-electron chi connectivity index (χ4n) is 2.30. The van der Waals surface area contributed by atoms with E-state index in [2.05, 4.69) is 22.4 Å². The van der Waals surface area contributed by atoms with Gasteiger partial charge in [0.05, 0.1) is 7.11 Å². The van der Waals surface area contributed by atoms with Gasteiger partial charge in [-0.05, 0) is 31.2 Å². The topological polar surface area (TPSA) is 34.1 Å². The molecule has 0 fully saturated rings. The lowest BCUT2D eigenvalue weighted by Gasteiger charge is -2.12. The van der Waals surface area contributed by atoms with Gasteiger partial charge in [0.25, 0.3) is 0 Å². The number of rotatable bonds is 3. The van der Waals surface area contributed by atoms with Crippen LogP contribution in [0.2, 0.25) is 0 Å². The highest BCUT2D eigenvalue weighted by atomic mass is 16.5. The molecule has 1 aromatic heterocycles. The first-order valence-corrected chi connectivity index (χ1v) is 6.54. The summed E-state index contributed by atoms with van der Waals surface area (Å²) in [5.74, 6) is 0.794. The van der Waals surface area contributed by atoms with Gasteiger partial charge in [-0.25, -0.2) is 4.98 Å². The maximum atomic E-state index is 5.40. The minimum atomic E-state index is 0.794. The van der Waals surface area contributed by atoms with Gasteiger partial charge in [-0.15, -0.1) is 0 Å². The lowest BCUT2D eigenvalue weighted by Crippen LogP contribution is -1.96. The summed E-state index contributed by atoms with van der Waals surface area (Å²) in [6.07, 6.45) is 0. The van der Waals surface area contributed by atoms with Crippen LogP contribution in [0.5, 0.6) is 5.75 Å². The largest absolute Gasteiger partial charge is 0.494 e. The molecule has 0 aliphatic carbocycles. The van der Waals surface area contributed by atoms with E-state index in [4.69, 9.17) is 4.74 Å². The summed E-state index contributed by atoms with van der Waals surface area (Å²) in [5.41, 5.74) is 3.94. The van der Waals surface area contributed by atoms with Crippen molar-refractivity contribution in [3.63, 3.8) is 0 Å². The molecule has 0 bridgehead atoms. The lowest BCUT2D eigenvalue weighted by atomic mass is 10.1. The molecule has 0 amide bonds. The third kappa shape index (κ3) is 2.30. The molecule has 0 spiro atoms. The minimum absolute atomic E-state index is 0.794. The smallest absolute Gasteiger partial charge is 0.145 e. The normalized spacial score (nSPS) is 10.5. The highest BCUT2D eigenvalue weighted by Gasteiger charge is 2.08. The van der Waals surface area contributed by atoms with E-state index in [0.29, 0.717) is 0 Å². The Balaban J connectivity index is 2.15. The van der Waals surface area contributed by atoms with Crippen molar-refractivity contribution in [3.8, 4) is 5.75 Å². The van der Waals surface area contributed by atoms with Gasteiger partial charge in [0.15, 0.2) is 0 Å². The summed E-state index contributed by atoms with van der Waals surface area (Å²) in [6, 6.07) is 18.1. The summed E-state index contributed by atoms with van der Waals surface area (Å²) in [6.45, 7) is 1.99. The van der Waals surface area contributed by atoms with E-state index in [1.807, 2.05) is 49.4 Å². The molecule has 0 aliphatic rings. The second-order valence-electron chi connectivity index (χ2n) is 4.66. The van der Waals surface area contributed by atoms with Gasteiger partial charge in [0, 0.05) is 22.5 Å². The molecule has 1 heterocycles. The number of para-hydroxylation sites is 2. The molecule has 1 N–H and O–H groups in total. The first kappa shape index (κ1) is 12.5. The summed E-state index contributed by atoms with van der Waals surface area (Å²) >= 11 is 0. The van der Waals surface area contributed by atoms with Crippen LogP contribution in [0, 0.1) is 6.92 Å². The highest BCUT2D eigenvalue weighted by molar-refractivity contribution is 5.96. The fourth-order valence-corrected chi connectivity index (χ4v) is 2.30. The third-order valence-electron chi connectivity index (χ3n) is 3.20. The maximum Gasteiger partial charge on any atom is 0.145 e. The minimum Gasteiger partial charge on any atom is -0.494 e. The van der Waals surface area contributed by atoms with Crippen LogP contribution in [0.15, 0.2) is 54.6 Å². The van der Waals surface area contributed by atoms with Gasteiger partial charge in [0.2, 0.25) is 0 Å². The average Bonchev–Trinajstić information content (AvgIpc) is 2.47. The van der Waals surface area contributed by atoms with E-state index in [1.54, 1.807) is 7.11 Å². The number of aryl methyl sites for hydroxylation is 1. The van der Waals surface area contributed by atoms with Crippen molar-refractivity contribution in [1.82, 2.24) is 4.98 Å². The van der Waals surface area contributed by atoms with Crippen LogP contribution < -0.4 is 10.1 Å². The zero-order valence-corrected chi connectivity index (χ0v) is 11.6. The molecule has 0 aliphatic heterocycles. The van der Waals surface area contributed by atoms with Crippen LogP contribution in [-0.2, 0) is 0 Å². The van der Waals surface area contributed by atoms with Crippen LogP contribution in [-0.4, -0.2) is 12.1 Å². The average molecular weight is 264 g/mol. The molecular formula is C17H16N2O. The molecule has 2 aromatic carbocycles. The number of methoxy groups -OCH3 is 1. The van der Waals surface area contributed by atoms with Crippen molar-refractivity contribution in [2.24, 2.45) is 0 Å². The van der Waals surface area contributed by atoms with E-state index in [1.165, 1.54) is 0 Å². The summed E-state index contributed by atoms with van der Waals surface area (Å²) < 4.78 is 5.40. The number of hydrogen-bond acceptors (Lipinski definition) is 3. The first-order chi connectivity index (χ1) is 9.78. The predicted molar refractivity (Wildman–Crippen MR) is 82.8 cm³/mol. The van der Waals surface area contributed by atoms with Crippen LogP contribution in [0.1, 0.15) is 5.69 Å². The molecule has 100 valence electrons. The maximum absolute atomic E-state index is 5.40. The van der Waals surface area contributed by atoms with Crippen molar-refractivity contribution in [2.45, 2.75) is 6.92 Å². The Morgan fingerprint density at radius 2 is 1.80 bits per heavy atom. The summed E-state index contributed by atoms with van der Waals surface area (Å²) in [7, 11) is 1.67. The summed E-state index contributed by atoms with van der Waals surface area (Å²) in [5, 5.41) is 4.50. The number of fused-ring (bicyclic) bond motifs is 1. The van der Waals surface area contributed by atoms with Crippen LogP contribution in [0.25, 0.3) is 10.9 Å². The van der Waals surface area contributed by atoms with E-state index in [0.717, 1.165) is 33.7 Å². The SMILES string of the molecule is COc1cccc2c(Nc3ccccc3)cc(C)nc12. The number of aromatic nitrogens is 1. The molecule has 20 heavy (non-hydrogen) atoms. The van der Waals surface area contributed by atoms with Gasteiger partial charge in [-0.3, -0.25) is 0 Å². The van der Waals surface area contributed by atoms with E-state index >= 15 is 0 Å². The molecule has 0 saturated heterocycles. The Labute approximate surface area is 118 Å². The number of nitrogens with zero attached hydrogens (tertiary/aromatic N) is 1. The summed E-state index contributed by atoms with van der Waals surface area (Å²) in [4.78, 5) is 4.58. The molecule has 3 nitrogen and oxygen atoms in total. The van der Waals surface area contributed by atoms with E-state index < -0.39 is 0 Å². The number of pyridine rings is 1. The molecular weight excluding hydrogens is 248 g/mol. The van der Waals surface area contributed by atoms with Gasteiger partial charge in [-0.2, -0.15) is 0 Å². The van der Waals surface area contributed by atoms with Crippen molar-refractivity contribution in [2.75, 3.05) is 12.4 Å². The Kier molecular flexibility index (Phi) is 3.25. The van der Waals surface area contributed by atoms with Gasteiger partial charge in [-0.1, -0.05) is 30.3 Å². The van der Waals surface area contributed by atoms with Crippen molar-refractivity contribution in [1.29, 1.82) is 0 Å². The molecule has 0 unspecified atom stereocenters. The number of ether oxygens (including phenoxy) is 1. The predicted octanol–water partition coefficient (Wildman–Crippen LogP) is 4.30. The van der Waals surface area contributed by atoms with Crippen molar-refractivity contribution < 1.29 is 4.74 Å². The van der Waals surface area contributed by atoms with Crippen LogP contribution in [0.4, 0.5) is 11.4 Å². The van der Waals surface area contributed by atoms with Gasteiger partial charge < -0.3 is 10.1 Å². The number of benzene rings is 2. The first-order valence-electron chi connectivity index (χ1n) is 6.54. The molecule has 0 radical (unpaired) electrons. The second kappa shape index (κ2) is 5.21. The Bertz CT molecular complexity index is 739. The van der Waals surface area contributed by atoms with Crippen LogP contribution >= 0.6 is 0 Å². The Hall–Kier alpha value is -2.55. The van der Waals surface area contributed by atoms with Gasteiger partial charge in [0.1, 0.15) is 11.3 Å². The molecule has 3 rings (SSSR count). The van der Waals surface area contributed by atoms with Crippen molar-refractivity contribution in [3.05, 3.63) is 60.3 Å². The molecule has 3 heteroatoms. The molecule has 0 atom stereocenters. The third-order valence-corrected chi connectivity index (χ3v) is 3.20. The molecule has 0 saturated carbocycles. The fraction of sp³-hybridized carbons (Fsp3) is 0.118. The van der Waals surface area contributed by atoms with Crippen molar-refractivity contribution >= 4 is 22.3 Å². The second-order valence-corrected chi connectivity index (χ2v) is 4.66. The van der Waals surface area contributed by atoms with Crippen LogP contribution in [0.3, 0.4) is 0 Å². The number of hydrogen-bond donors (Lipinski definition) is 1. The standard InChI is InChI=1S/C17H16N2O/c1-12-11-15(19-13-7-4-3-5-8-13)14-9-6-10-16(20-2)17(14)18-12/h3-11H,1-2H3,(H,18,19). The lowest BCUT2D eigenvalue weighted by molar-refractivity contribution is 0.419. The van der Waals surface area contributed by atoms with Gasteiger partial charge >= 0.3 is 0 Å². The Morgan fingerprint density at radius 1 is 1.00 bits per heavy atom. The van der Waals surface area contributed by atoms with E-state index in [-0.39, 0.29) is 0 Å². The number of nitrogens with one attached hydrogen (secondary N) is 1. The monoisotopic (exact) mass is 264 g/mol. The number of anilines is 2. The zero-order chi connectivity index (χ0) is 13.9. The quantitative estimate of drug-likeness (QED) is 0.766.